The van der Waals surface area contributed by atoms with Crippen molar-refractivity contribution in [1.82, 2.24) is 4.98 Å². The van der Waals surface area contributed by atoms with Gasteiger partial charge < -0.3 is 9.88 Å². The van der Waals surface area contributed by atoms with Crippen LogP contribution in [-0.4, -0.2) is 4.98 Å². The maximum atomic E-state index is 3.62. The third-order valence-electron chi connectivity index (χ3n) is 10.7. The molecule has 1 aliphatic carbocycles. The first-order valence-corrected chi connectivity index (χ1v) is 18.4. The second-order valence-electron chi connectivity index (χ2n) is 14.3. The summed E-state index contributed by atoms with van der Waals surface area (Å²) in [6.07, 6.45) is 0. The molecular formula is C51H40N2. The van der Waals surface area contributed by atoms with E-state index in [1.807, 2.05) is 36.4 Å². The Hall–Kier alpha value is -6.64. The van der Waals surface area contributed by atoms with Crippen LogP contribution in [0.3, 0.4) is 0 Å². The minimum atomic E-state index is -0.0817. The summed E-state index contributed by atoms with van der Waals surface area (Å²) in [7, 11) is 0. The van der Waals surface area contributed by atoms with Crippen molar-refractivity contribution in [2.45, 2.75) is 19.3 Å². The van der Waals surface area contributed by atoms with Crippen molar-refractivity contribution < 1.29 is 0 Å². The Bertz CT molecular complexity index is 2660. The zero-order valence-corrected chi connectivity index (χ0v) is 30.0. The van der Waals surface area contributed by atoms with Crippen LogP contribution in [0.4, 0.5) is 17.1 Å². The maximum absolute atomic E-state index is 3.62. The predicted molar refractivity (Wildman–Crippen MR) is 225 cm³/mol. The lowest BCUT2D eigenvalue weighted by Crippen LogP contribution is -2.16. The van der Waals surface area contributed by atoms with Crippen molar-refractivity contribution in [3.05, 3.63) is 211 Å². The Balaban J connectivity index is 0.000000567. The molecule has 1 aromatic heterocycles. The molecule has 1 N–H and O–H groups in total. The fraction of sp³-hybridized carbons (Fsp3) is 0.0588. The Kier molecular flexibility index (Phi) is 8.21. The number of nitrogens with zero attached hydrogens (tertiary/aromatic N) is 1. The smallest absolute Gasteiger partial charge is 0.0471 e. The van der Waals surface area contributed by atoms with E-state index >= 15 is 0 Å². The zero-order valence-electron chi connectivity index (χ0n) is 30.0. The highest BCUT2D eigenvalue weighted by Crippen LogP contribution is 2.50. The normalized spacial score (nSPS) is 12.5. The average molecular weight is 681 g/mol. The van der Waals surface area contributed by atoms with Crippen molar-refractivity contribution in [2.24, 2.45) is 0 Å². The summed E-state index contributed by atoms with van der Waals surface area (Å²) in [5.74, 6) is 0. The molecule has 53 heavy (non-hydrogen) atoms. The van der Waals surface area contributed by atoms with Crippen molar-refractivity contribution in [1.29, 1.82) is 0 Å². The van der Waals surface area contributed by atoms with Gasteiger partial charge in [-0.3, -0.25) is 0 Å². The Labute approximate surface area is 311 Å². The van der Waals surface area contributed by atoms with Crippen molar-refractivity contribution in [3.8, 4) is 33.4 Å². The number of aromatic nitrogens is 1. The molecule has 0 saturated carbocycles. The summed E-state index contributed by atoms with van der Waals surface area (Å²) in [4.78, 5) is 6.03. The molecule has 1 aliphatic rings. The first-order chi connectivity index (χ1) is 26.0. The lowest BCUT2D eigenvalue weighted by atomic mass is 9.82. The van der Waals surface area contributed by atoms with Crippen LogP contribution < -0.4 is 4.90 Å². The average Bonchev–Trinajstić information content (AvgIpc) is 3.71. The molecule has 0 aliphatic heterocycles. The van der Waals surface area contributed by atoms with Gasteiger partial charge in [0, 0.05) is 44.3 Å². The fourth-order valence-corrected chi connectivity index (χ4v) is 7.96. The number of hydrogen-bond acceptors (Lipinski definition) is 1. The van der Waals surface area contributed by atoms with Gasteiger partial charge in [0.15, 0.2) is 0 Å². The summed E-state index contributed by atoms with van der Waals surface area (Å²) in [6.45, 7) is 4.70. The van der Waals surface area contributed by atoms with Gasteiger partial charge in [0.05, 0.1) is 0 Å². The van der Waals surface area contributed by atoms with Gasteiger partial charge in [-0.15, -0.1) is 0 Å². The van der Waals surface area contributed by atoms with E-state index in [1.165, 1.54) is 60.8 Å². The molecule has 0 fully saturated rings. The van der Waals surface area contributed by atoms with Gasteiger partial charge in [0.2, 0.25) is 0 Å². The number of benzene rings is 8. The second kappa shape index (κ2) is 13.5. The molecule has 10 rings (SSSR count). The molecular weight excluding hydrogens is 641 g/mol. The molecule has 0 unspecified atom stereocenters. The molecule has 0 radical (unpaired) electrons. The molecule has 0 amide bonds. The van der Waals surface area contributed by atoms with E-state index in [-0.39, 0.29) is 5.41 Å². The standard InChI is InChI=1S/C45H34N2.C6H6/c1-45(2)41-17-8-6-15-37(41)38-26-24-36(29-42(38)45)47(34-22-19-31(20-23-34)30-11-4-3-5-12-30)35-14-10-13-32(27-35)33-21-25-40-39-16-7-9-18-43(39)46-44(40)28-33;1-2-4-6-5-3-1/h3-29,46H,1-2H3;1-6H. The van der Waals surface area contributed by atoms with E-state index in [9.17, 15) is 0 Å². The molecule has 0 saturated heterocycles. The van der Waals surface area contributed by atoms with E-state index in [0.717, 1.165) is 22.6 Å². The van der Waals surface area contributed by atoms with E-state index in [4.69, 9.17) is 0 Å². The quantitative estimate of drug-likeness (QED) is 0.192. The summed E-state index contributed by atoms with van der Waals surface area (Å²) >= 11 is 0. The number of aromatic amines is 1. The number of nitrogens with one attached hydrogen (secondary N) is 1. The van der Waals surface area contributed by atoms with Crippen molar-refractivity contribution in [2.75, 3.05) is 4.90 Å². The van der Waals surface area contributed by atoms with Gasteiger partial charge in [0.25, 0.3) is 0 Å². The first kappa shape index (κ1) is 32.3. The van der Waals surface area contributed by atoms with Gasteiger partial charge in [-0.1, -0.05) is 166 Å². The maximum Gasteiger partial charge on any atom is 0.0471 e. The number of hydrogen-bond donors (Lipinski definition) is 1. The van der Waals surface area contributed by atoms with E-state index < -0.39 is 0 Å². The highest BCUT2D eigenvalue weighted by Gasteiger charge is 2.35. The molecule has 0 bridgehead atoms. The number of fused-ring (bicyclic) bond motifs is 6. The first-order valence-electron chi connectivity index (χ1n) is 18.4. The highest BCUT2D eigenvalue weighted by atomic mass is 15.1. The van der Waals surface area contributed by atoms with Gasteiger partial charge in [-0.25, -0.2) is 0 Å². The van der Waals surface area contributed by atoms with Gasteiger partial charge in [-0.05, 0) is 93.0 Å². The van der Waals surface area contributed by atoms with Gasteiger partial charge in [-0.2, -0.15) is 0 Å². The Morgan fingerprint density at radius 1 is 0.358 bits per heavy atom. The molecule has 1 heterocycles. The Morgan fingerprint density at radius 3 is 1.70 bits per heavy atom. The minimum absolute atomic E-state index is 0.0817. The number of anilines is 3. The number of para-hydroxylation sites is 1. The highest BCUT2D eigenvalue weighted by molar-refractivity contribution is 6.08. The van der Waals surface area contributed by atoms with Crippen LogP contribution in [0.15, 0.2) is 200 Å². The van der Waals surface area contributed by atoms with E-state index in [1.54, 1.807) is 0 Å². The van der Waals surface area contributed by atoms with E-state index in [0.29, 0.717) is 0 Å². The third kappa shape index (κ3) is 5.99. The monoisotopic (exact) mass is 680 g/mol. The van der Waals surface area contributed by atoms with Crippen LogP contribution in [-0.2, 0) is 5.41 Å². The summed E-state index contributed by atoms with van der Waals surface area (Å²) < 4.78 is 0. The fourth-order valence-electron chi connectivity index (χ4n) is 7.96. The largest absolute Gasteiger partial charge is 0.354 e. The molecule has 8 aromatic carbocycles. The lowest BCUT2D eigenvalue weighted by Gasteiger charge is -2.28. The van der Waals surface area contributed by atoms with Crippen LogP contribution in [0, 0.1) is 0 Å². The molecule has 2 heteroatoms. The van der Waals surface area contributed by atoms with Crippen LogP contribution in [0.2, 0.25) is 0 Å². The molecule has 2 nitrogen and oxygen atoms in total. The molecule has 254 valence electrons. The third-order valence-corrected chi connectivity index (χ3v) is 10.7. The Morgan fingerprint density at radius 2 is 0.906 bits per heavy atom. The number of rotatable bonds is 5. The second-order valence-corrected chi connectivity index (χ2v) is 14.3. The van der Waals surface area contributed by atoms with Gasteiger partial charge in [0.1, 0.15) is 0 Å². The predicted octanol–water partition coefficient (Wildman–Crippen LogP) is 14.1. The summed E-state index contributed by atoms with van der Waals surface area (Å²) in [6, 6.07) is 71.6. The molecule has 0 atom stereocenters. The summed E-state index contributed by atoms with van der Waals surface area (Å²) in [5, 5.41) is 2.51. The van der Waals surface area contributed by atoms with Gasteiger partial charge >= 0.3 is 0 Å². The SMILES string of the molecule is CC1(C)c2ccccc2-c2ccc(N(c3ccc(-c4ccccc4)cc3)c3cccc(-c4ccc5c(c4)[nH]c4ccccc45)c3)cc21.c1ccccc1. The summed E-state index contributed by atoms with van der Waals surface area (Å²) in [5.41, 5.74) is 15.9. The molecule has 9 aromatic rings. The van der Waals surface area contributed by atoms with Crippen molar-refractivity contribution >= 4 is 38.9 Å². The van der Waals surface area contributed by atoms with Crippen molar-refractivity contribution in [3.63, 3.8) is 0 Å². The number of H-pyrrole nitrogens is 1. The van der Waals surface area contributed by atoms with E-state index in [2.05, 4.69) is 188 Å². The van der Waals surface area contributed by atoms with Crippen LogP contribution in [0.5, 0.6) is 0 Å². The van der Waals surface area contributed by atoms with Crippen LogP contribution in [0.25, 0.3) is 55.2 Å². The van der Waals surface area contributed by atoms with Crippen LogP contribution >= 0.6 is 0 Å². The van der Waals surface area contributed by atoms with Crippen LogP contribution in [0.1, 0.15) is 25.0 Å². The minimum Gasteiger partial charge on any atom is -0.354 e. The molecule has 0 spiro atoms. The lowest BCUT2D eigenvalue weighted by molar-refractivity contribution is 0.660. The topological polar surface area (TPSA) is 19.0 Å². The zero-order chi connectivity index (χ0) is 35.8.